The number of nitrogens with one attached hydrogen (secondary N) is 1. The van der Waals surface area contributed by atoms with Gasteiger partial charge in [0.05, 0.1) is 0 Å². The summed E-state index contributed by atoms with van der Waals surface area (Å²) in [5.74, 6) is -0.0784. The van der Waals surface area contributed by atoms with Crippen molar-refractivity contribution in [2.75, 3.05) is 5.32 Å². The summed E-state index contributed by atoms with van der Waals surface area (Å²) < 4.78 is 1.38. The van der Waals surface area contributed by atoms with Crippen LogP contribution < -0.4 is 10.9 Å². The van der Waals surface area contributed by atoms with Crippen LogP contribution in [0.3, 0.4) is 0 Å². The summed E-state index contributed by atoms with van der Waals surface area (Å²) in [4.78, 5) is 29.3. The maximum absolute atomic E-state index is 12.3. The quantitative estimate of drug-likeness (QED) is 0.808. The molecular formula is C16H15N3O2S. The van der Waals surface area contributed by atoms with Gasteiger partial charge >= 0.3 is 0 Å². The van der Waals surface area contributed by atoms with E-state index in [0.29, 0.717) is 16.6 Å². The molecule has 0 spiro atoms. The molecule has 0 aliphatic rings. The molecule has 6 heteroatoms. The lowest BCUT2D eigenvalue weighted by atomic mass is 10.0. The molecule has 1 amide bonds. The second-order valence-electron chi connectivity index (χ2n) is 5.27. The average molecular weight is 313 g/mol. The highest BCUT2D eigenvalue weighted by Crippen LogP contribution is 2.18. The number of hydrogen-bond donors (Lipinski definition) is 1. The summed E-state index contributed by atoms with van der Waals surface area (Å²) in [5, 5.41) is 4.52. The van der Waals surface area contributed by atoms with Crippen LogP contribution in [0.15, 0.2) is 46.8 Å². The van der Waals surface area contributed by atoms with Crippen molar-refractivity contribution in [3.8, 4) is 0 Å². The van der Waals surface area contributed by atoms with E-state index in [1.807, 2.05) is 18.2 Å². The molecule has 1 aromatic carbocycles. The molecule has 0 unspecified atom stereocenters. The smallest absolute Gasteiger partial charge is 0.271 e. The van der Waals surface area contributed by atoms with Crippen molar-refractivity contribution in [1.82, 2.24) is 9.38 Å². The van der Waals surface area contributed by atoms with Gasteiger partial charge in [-0.25, -0.2) is 4.98 Å². The van der Waals surface area contributed by atoms with Gasteiger partial charge in [-0.2, -0.15) is 0 Å². The van der Waals surface area contributed by atoms with Gasteiger partial charge in [0.25, 0.3) is 11.5 Å². The lowest BCUT2D eigenvalue weighted by Crippen LogP contribution is -2.25. The number of nitrogens with zero attached hydrogens (tertiary/aromatic N) is 2. The highest BCUT2D eigenvalue weighted by molar-refractivity contribution is 7.15. The summed E-state index contributed by atoms with van der Waals surface area (Å²) in [6.07, 6.45) is 2.95. The molecular weight excluding hydrogens is 298 g/mol. The topological polar surface area (TPSA) is 63.5 Å². The molecule has 0 aliphatic carbocycles. The molecule has 0 fully saturated rings. The number of benzene rings is 1. The van der Waals surface area contributed by atoms with E-state index in [9.17, 15) is 9.59 Å². The molecule has 1 N–H and O–H groups in total. The van der Waals surface area contributed by atoms with Gasteiger partial charge in [0, 0.05) is 23.5 Å². The first kappa shape index (κ1) is 14.5. The molecule has 22 heavy (non-hydrogen) atoms. The second-order valence-corrected chi connectivity index (χ2v) is 6.14. The number of amides is 1. The van der Waals surface area contributed by atoms with Crippen molar-refractivity contribution in [2.24, 2.45) is 0 Å². The normalized spacial score (nSPS) is 11.0. The lowest BCUT2D eigenvalue weighted by molar-refractivity contribution is 0.102. The molecule has 0 bridgehead atoms. The number of fused-ring (bicyclic) bond motifs is 1. The van der Waals surface area contributed by atoms with Gasteiger partial charge in [-0.1, -0.05) is 26.0 Å². The molecule has 2 heterocycles. The third-order valence-corrected chi connectivity index (χ3v) is 4.17. The Morgan fingerprint density at radius 2 is 2.18 bits per heavy atom. The standard InChI is InChI=1S/C16H15N3O2S/c1-10(2)11-4-3-5-12(8-11)18-14(20)13-9-17-16-19(15(13)21)6-7-22-16/h3-10H,1-2H3,(H,18,20). The predicted octanol–water partition coefficient (Wildman–Crippen LogP) is 3.13. The van der Waals surface area contributed by atoms with Crippen LogP contribution in [0.5, 0.6) is 0 Å². The summed E-state index contributed by atoms with van der Waals surface area (Å²) in [5.41, 5.74) is 1.47. The van der Waals surface area contributed by atoms with E-state index in [1.54, 1.807) is 17.6 Å². The first-order valence-corrected chi connectivity index (χ1v) is 7.80. The molecule has 0 atom stereocenters. The fraction of sp³-hybridized carbons (Fsp3) is 0.188. The fourth-order valence-electron chi connectivity index (χ4n) is 2.15. The Labute approximate surface area is 131 Å². The Bertz CT molecular complexity index is 896. The van der Waals surface area contributed by atoms with Crippen molar-refractivity contribution in [2.45, 2.75) is 19.8 Å². The summed E-state index contributed by atoms with van der Waals surface area (Å²) in [6.45, 7) is 4.17. The monoisotopic (exact) mass is 313 g/mol. The van der Waals surface area contributed by atoms with Crippen LogP contribution in [0.2, 0.25) is 0 Å². The first-order chi connectivity index (χ1) is 10.6. The van der Waals surface area contributed by atoms with Crippen LogP contribution in [0.1, 0.15) is 35.7 Å². The van der Waals surface area contributed by atoms with E-state index >= 15 is 0 Å². The van der Waals surface area contributed by atoms with Gasteiger partial charge in [0.2, 0.25) is 0 Å². The second kappa shape index (κ2) is 5.73. The zero-order valence-electron chi connectivity index (χ0n) is 12.2. The molecule has 0 saturated carbocycles. The molecule has 112 valence electrons. The first-order valence-electron chi connectivity index (χ1n) is 6.92. The van der Waals surface area contributed by atoms with Crippen LogP contribution in [0.25, 0.3) is 4.96 Å². The lowest BCUT2D eigenvalue weighted by Gasteiger charge is -2.09. The van der Waals surface area contributed by atoms with Crippen molar-refractivity contribution in [1.29, 1.82) is 0 Å². The van der Waals surface area contributed by atoms with Gasteiger partial charge in [-0.15, -0.1) is 11.3 Å². The number of anilines is 1. The van der Waals surface area contributed by atoms with Gasteiger partial charge in [0.1, 0.15) is 5.56 Å². The largest absolute Gasteiger partial charge is 0.322 e. The minimum Gasteiger partial charge on any atom is -0.322 e. The van der Waals surface area contributed by atoms with Gasteiger partial charge in [-0.05, 0) is 23.6 Å². The summed E-state index contributed by atoms with van der Waals surface area (Å²) in [6, 6.07) is 7.61. The highest BCUT2D eigenvalue weighted by Gasteiger charge is 2.14. The van der Waals surface area contributed by atoms with Gasteiger partial charge < -0.3 is 5.32 Å². The molecule has 5 nitrogen and oxygen atoms in total. The van der Waals surface area contributed by atoms with Crippen LogP contribution in [0, 0.1) is 0 Å². The minimum absolute atomic E-state index is 0.0332. The zero-order chi connectivity index (χ0) is 15.7. The van der Waals surface area contributed by atoms with E-state index in [4.69, 9.17) is 0 Å². The van der Waals surface area contributed by atoms with Crippen LogP contribution in [-0.2, 0) is 0 Å². The van der Waals surface area contributed by atoms with Crippen LogP contribution in [0.4, 0.5) is 5.69 Å². The molecule has 0 saturated heterocycles. The van der Waals surface area contributed by atoms with Crippen molar-refractivity contribution in [3.63, 3.8) is 0 Å². The summed E-state index contributed by atoms with van der Waals surface area (Å²) in [7, 11) is 0. The van der Waals surface area contributed by atoms with Crippen molar-refractivity contribution in [3.05, 3.63) is 63.5 Å². The molecule has 3 aromatic rings. The van der Waals surface area contributed by atoms with Crippen molar-refractivity contribution < 1.29 is 4.79 Å². The Hall–Kier alpha value is -2.47. The average Bonchev–Trinajstić information content (AvgIpc) is 2.97. The number of carbonyl (C=O) groups excluding carboxylic acids is 1. The Balaban J connectivity index is 1.92. The molecule has 0 radical (unpaired) electrons. The number of thiazole rings is 1. The predicted molar refractivity (Wildman–Crippen MR) is 87.8 cm³/mol. The van der Waals surface area contributed by atoms with Crippen molar-refractivity contribution >= 4 is 27.9 Å². The summed E-state index contributed by atoms with van der Waals surface area (Å²) >= 11 is 1.35. The van der Waals surface area contributed by atoms with Gasteiger partial charge in [0.15, 0.2) is 4.96 Å². The third kappa shape index (κ3) is 2.65. The van der Waals surface area contributed by atoms with E-state index in [-0.39, 0.29) is 11.1 Å². The third-order valence-electron chi connectivity index (χ3n) is 3.40. The van der Waals surface area contributed by atoms with Crippen LogP contribution in [-0.4, -0.2) is 15.3 Å². The zero-order valence-corrected chi connectivity index (χ0v) is 13.1. The van der Waals surface area contributed by atoms with E-state index in [0.717, 1.165) is 5.56 Å². The van der Waals surface area contributed by atoms with Crippen LogP contribution >= 0.6 is 11.3 Å². The minimum atomic E-state index is -0.445. The number of carbonyl (C=O) groups is 1. The number of aromatic nitrogens is 2. The Kier molecular flexibility index (Phi) is 3.77. The number of rotatable bonds is 3. The molecule has 0 aliphatic heterocycles. The molecule has 3 rings (SSSR count). The van der Waals surface area contributed by atoms with E-state index < -0.39 is 5.91 Å². The molecule has 2 aromatic heterocycles. The Morgan fingerprint density at radius 1 is 1.36 bits per heavy atom. The maximum atomic E-state index is 12.3. The Morgan fingerprint density at radius 3 is 2.95 bits per heavy atom. The highest BCUT2D eigenvalue weighted by atomic mass is 32.1. The number of hydrogen-bond acceptors (Lipinski definition) is 4. The van der Waals surface area contributed by atoms with E-state index in [2.05, 4.69) is 24.1 Å². The fourth-order valence-corrected chi connectivity index (χ4v) is 2.83. The van der Waals surface area contributed by atoms with Gasteiger partial charge in [-0.3, -0.25) is 14.0 Å². The SMILES string of the molecule is CC(C)c1cccc(NC(=O)c2cnc3sccn3c2=O)c1. The van der Waals surface area contributed by atoms with E-state index in [1.165, 1.54) is 21.9 Å². The maximum Gasteiger partial charge on any atom is 0.271 e.